The molecule has 0 bridgehead atoms. The first-order valence-corrected chi connectivity index (χ1v) is 6.73. The fraction of sp³-hybridized carbons (Fsp3) is 0.200. The number of ketones is 1. The van der Waals surface area contributed by atoms with Crippen LogP contribution in [0.25, 0.3) is 0 Å². The summed E-state index contributed by atoms with van der Waals surface area (Å²) in [4.78, 5) is 12.3. The van der Waals surface area contributed by atoms with E-state index < -0.39 is 5.92 Å². The van der Waals surface area contributed by atoms with Crippen molar-refractivity contribution in [1.29, 1.82) is 5.26 Å². The van der Waals surface area contributed by atoms with E-state index >= 15 is 0 Å². The second-order valence-electron chi connectivity index (χ2n) is 4.10. The lowest BCUT2D eigenvalue weighted by Crippen LogP contribution is -2.10. The van der Waals surface area contributed by atoms with E-state index in [1.807, 2.05) is 19.1 Å². The number of halogens is 1. The van der Waals surface area contributed by atoms with Gasteiger partial charge in [-0.15, -0.1) is 0 Å². The molecule has 2 rings (SSSR count). The zero-order chi connectivity index (χ0) is 13.8. The van der Waals surface area contributed by atoms with Gasteiger partial charge in [-0.25, -0.2) is 0 Å². The maximum Gasteiger partial charge on any atom is 0.219 e. The Kier molecular flexibility index (Phi) is 4.18. The third-order valence-corrected chi connectivity index (χ3v) is 3.32. The highest BCUT2D eigenvalue weighted by molar-refractivity contribution is 9.10. The van der Waals surface area contributed by atoms with Crippen molar-refractivity contribution >= 4 is 21.7 Å². The van der Waals surface area contributed by atoms with Gasteiger partial charge in [0.05, 0.1) is 6.07 Å². The number of furan rings is 1. The minimum absolute atomic E-state index is 0.239. The van der Waals surface area contributed by atoms with Crippen molar-refractivity contribution < 1.29 is 9.21 Å². The van der Waals surface area contributed by atoms with E-state index in [1.165, 1.54) is 0 Å². The molecule has 0 amide bonds. The lowest BCUT2D eigenvalue weighted by molar-refractivity contribution is 0.0950. The lowest BCUT2D eigenvalue weighted by atomic mass is 9.95. The smallest absolute Gasteiger partial charge is 0.219 e. The number of benzene rings is 1. The van der Waals surface area contributed by atoms with Crippen molar-refractivity contribution in [1.82, 2.24) is 0 Å². The molecule has 19 heavy (non-hydrogen) atoms. The fourth-order valence-corrected chi connectivity index (χ4v) is 2.23. The van der Waals surface area contributed by atoms with Gasteiger partial charge in [-0.1, -0.05) is 35.0 Å². The Labute approximate surface area is 120 Å². The van der Waals surface area contributed by atoms with Gasteiger partial charge >= 0.3 is 0 Å². The number of nitrogens with zero attached hydrogens (tertiary/aromatic N) is 1. The molecule has 96 valence electrons. The van der Waals surface area contributed by atoms with Crippen LogP contribution in [0.1, 0.15) is 34.7 Å². The van der Waals surface area contributed by atoms with E-state index in [0.29, 0.717) is 5.56 Å². The predicted octanol–water partition coefficient (Wildman–Crippen LogP) is 4.09. The molecule has 0 saturated heterocycles. The number of aryl methyl sites for hydroxylation is 1. The Morgan fingerprint density at radius 3 is 2.79 bits per heavy atom. The summed E-state index contributed by atoms with van der Waals surface area (Å²) in [5.41, 5.74) is 0.663. The van der Waals surface area contributed by atoms with Gasteiger partial charge < -0.3 is 4.42 Å². The van der Waals surface area contributed by atoms with Gasteiger partial charge in [0.2, 0.25) is 5.78 Å². The van der Waals surface area contributed by atoms with Crippen LogP contribution in [0.4, 0.5) is 0 Å². The van der Waals surface area contributed by atoms with Crippen molar-refractivity contribution in [3.05, 3.63) is 58.0 Å². The first kappa shape index (κ1) is 13.6. The quantitative estimate of drug-likeness (QED) is 0.798. The maximum atomic E-state index is 12.3. The number of carbonyl (C=O) groups is 1. The molecule has 0 spiro atoms. The van der Waals surface area contributed by atoms with Crippen molar-refractivity contribution in [3.8, 4) is 6.07 Å². The molecule has 3 nitrogen and oxygen atoms in total. The molecule has 0 aliphatic carbocycles. The van der Waals surface area contributed by atoms with Crippen LogP contribution in [0.15, 0.2) is 45.3 Å². The van der Waals surface area contributed by atoms with E-state index in [4.69, 9.17) is 4.42 Å². The molecule has 0 fully saturated rings. The molecule has 0 aliphatic heterocycles. The minimum atomic E-state index is -0.839. The molecule has 1 aromatic heterocycles. The van der Waals surface area contributed by atoms with Gasteiger partial charge in [0.1, 0.15) is 11.7 Å². The molecular weight excluding hydrogens is 306 g/mol. The molecule has 0 N–H and O–H groups in total. The van der Waals surface area contributed by atoms with Crippen LogP contribution >= 0.6 is 15.9 Å². The normalized spacial score (nSPS) is 11.8. The van der Waals surface area contributed by atoms with E-state index in [1.54, 1.807) is 30.3 Å². The number of nitriles is 1. The summed E-state index contributed by atoms with van der Waals surface area (Å²) in [5.74, 6) is -0.161. The number of rotatable bonds is 4. The zero-order valence-electron chi connectivity index (χ0n) is 10.4. The van der Waals surface area contributed by atoms with Gasteiger partial charge in [0, 0.05) is 10.9 Å². The highest BCUT2D eigenvalue weighted by Crippen LogP contribution is 2.24. The maximum absolute atomic E-state index is 12.3. The minimum Gasteiger partial charge on any atom is -0.458 e. The predicted molar refractivity (Wildman–Crippen MR) is 74.9 cm³/mol. The molecule has 0 radical (unpaired) electrons. The number of carbonyl (C=O) groups excluding carboxylic acids is 1. The number of Topliss-reactive ketones (excluding diaryl/α,β-unsaturated/α-hetero) is 1. The van der Waals surface area contributed by atoms with Crippen LogP contribution in [-0.2, 0) is 6.42 Å². The summed E-state index contributed by atoms with van der Waals surface area (Å²) in [7, 11) is 0. The Balaban J connectivity index is 2.32. The van der Waals surface area contributed by atoms with Crippen LogP contribution in [-0.4, -0.2) is 5.78 Å². The first-order chi connectivity index (χ1) is 9.15. The third kappa shape index (κ3) is 2.94. The summed E-state index contributed by atoms with van der Waals surface area (Å²) in [6.07, 6.45) is 0.724. The van der Waals surface area contributed by atoms with Crippen LogP contribution < -0.4 is 0 Å². The number of hydrogen-bond acceptors (Lipinski definition) is 3. The lowest BCUT2D eigenvalue weighted by Gasteiger charge is -2.07. The van der Waals surface area contributed by atoms with E-state index in [0.717, 1.165) is 16.7 Å². The molecule has 1 unspecified atom stereocenters. The van der Waals surface area contributed by atoms with Crippen LogP contribution in [0.3, 0.4) is 0 Å². The standard InChI is InChI=1S/C15H12BrNO2/c1-2-12-6-7-14(19-12)15(18)13(9-17)10-4-3-5-11(16)8-10/h3-8,13H,2H2,1H3. The third-order valence-electron chi connectivity index (χ3n) is 2.83. The molecule has 0 saturated carbocycles. The number of hydrogen-bond donors (Lipinski definition) is 0. The molecule has 1 atom stereocenters. The largest absolute Gasteiger partial charge is 0.458 e. The molecule has 2 aromatic rings. The Hall–Kier alpha value is -1.86. The zero-order valence-corrected chi connectivity index (χ0v) is 12.0. The fourth-order valence-electron chi connectivity index (χ4n) is 1.81. The van der Waals surface area contributed by atoms with Crippen LogP contribution in [0, 0.1) is 11.3 Å². The molecular formula is C15H12BrNO2. The van der Waals surface area contributed by atoms with Crippen molar-refractivity contribution in [3.63, 3.8) is 0 Å². The van der Waals surface area contributed by atoms with E-state index in [-0.39, 0.29) is 11.5 Å². The summed E-state index contributed by atoms with van der Waals surface area (Å²) < 4.78 is 6.26. The summed E-state index contributed by atoms with van der Waals surface area (Å²) in [5, 5.41) is 9.24. The Bertz CT molecular complexity index is 640. The summed E-state index contributed by atoms with van der Waals surface area (Å²) >= 11 is 3.34. The van der Waals surface area contributed by atoms with Crippen molar-refractivity contribution in [2.24, 2.45) is 0 Å². The molecule has 1 aromatic carbocycles. The second kappa shape index (κ2) is 5.85. The van der Waals surface area contributed by atoms with E-state index in [2.05, 4.69) is 15.9 Å². The van der Waals surface area contributed by atoms with Crippen LogP contribution in [0.2, 0.25) is 0 Å². The van der Waals surface area contributed by atoms with Gasteiger partial charge in [-0.3, -0.25) is 4.79 Å². The average Bonchev–Trinajstić information content (AvgIpc) is 2.88. The molecule has 0 aliphatic rings. The summed E-state index contributed by atoms with van der Waals surface area (Å²) in [6.45, 7) is 1.95. The topological polar surface area (TPSA) is 54.0 Å². The van der Waals surface area contributed by atoms with Gasteiger partial charge in [-0.2, -0.15) is 5.26 Å². The van der Waals surface area contributed by atoms with Gasteiger partial charge in [0.15, 0.2) is 5.76 Å². The van der Waals surface area contributed by atoms with E-state index in [9.17, 15) is 10.1 Å². The highest BCUT2D eigenvalue weighted by Gasteiger charge is 2.24. The monoisotopic (exact) mass is 317 g/mol. The second-order valence-corrected chi connectivity index (χ2v) is 5.02. The van der Waals surface area contributed by atoms with Gasteiger partial charge in [-0.05, 0) is 29.8 Å². The Morgan fingerprint density at radius 1 is 1.42 bits per heavy atom. The highest BCUT2D eigenvalue weighted by atomic mass is 79.9. The van der Waals surface area contributed by atoms with Crippen molar-refractivity contribution in [2.75, 3.05) is 0 Å². The van der Waals surface area contributed by atoms with Crippen LogP contribution in [0.5, 0.6) is 0 Å². The van der Waals surface area contributed by atoms with Gasteiger partial charge in [0.25, 0.3) is 0 Å². The summed E-state index contributed by atoms with van der Waals surface area (Å²) in [6, 6.07) is 12.6. The molecule has 1 heterocycles. The first-order valence-electron chi connectivity index (χ1n) is 5.93. The van der Waals surface area contributed by atoms with Crippen molar-refractivity contribution in [2.45, 2.75) is 19.3 Å². The molecule has 4 heteroatoms. The Morgan fingerprint density at radius 2 is 2.21 bits per heavy atom. The SMILES string of the molecule is CCc1ccc(C(=O)C(C#N)c2cccc(Br)c2)o1. The average molecular weight is 318 g/mol.